The smallest absolute Gasteiger partial charge is 0.169 e. The first-order valence-corrected chi connectivity index (χ1v) is 20.7. The first-order valence-electron chi connectivity index (χ1n) is 20.7. The highest BCUT2D eigenvalue weighted by Crippen LogP contribution is 2.41. The normalized spacial score (nSPS) is 11.6. The van der Waals surface area contributed by atoms with Crippen LogP contribution in [-0.4, -0.2) is 23.9 Å². The van der Waals surface area contributed by atoms with Crippen molar-refractivity contribution >= 4 is 43.6 Å². The SMILES string of the molecule is c1ccc(-c2cccc(-n3c4ccccc4c4cc(-c5nnc(-c6cccc7c6c6ccccc6n7-c6cccc(-c7ccccc7)c6)n5-c5ccccc5)ccc43)c2)cc1. The third-order valence-electron chi connectivity index (χ3n) is 12.0. The van der Waals surface area contributed by atoms with Crippen LogP contribution in [0.1, 0.15) is 0 Å². The molecule has 0 saturated heterocycles. The second kappa shape index (κ2) is 14.2. The molecule has 0 saturated carbocycles. The Hall–Kier alpha value is -8.28. The minimum atomic E-state index is 0.780. The Bertz CT molecular complexity index is 3580. The molecule has 5 nitrogen and oxygen atoms in total. The van der Waals surface area contributed by atoms with Gasteiger partial charge in [-0.2, -0.15) is 0 Å². The van der Waals surface area contributed by atoms with E-state index in [0.717, 1.165) is 78.1 Å². The molecule has 0 bridgehead atoms. The predicted molar refractivity (Wildman–Crippen MR) is 252 cm³/mol. The van der Waals surface area contributed by atoms with E-state index in [0.29, 0.717) is 0 Å². The van der Waals surface area contributed by atoms with Gasteiger partial charge in [-0.15, -0.1) is 10.2 Å². The molecule has 5 heteroatoms. The van der Waals surface area contributed by atoms with Crippen LogP contribution in [0.25, 0.3) is 106 Å². The summed E-state index contributed by atoms with van der Waals surface area (Å²) >= 11 is 0. The number of para-hydroxylation sites is 3. The Morgan fingerprint density at radius 3 is 1.41 bits per heavy atom. The molecule has 0 aliphatic heterocycles. The van der Waals surface area contributed by atoms with Crippen LogP contribution < -0.4 is 0 Å². The average molecular weight is 780 g/mol. The van der Waals surface area contributed by atoms with E-state index >= 15 is 0 Å². The van der Waals surface area contributed by atoms with E-state index in [9.17, 15) is 0 Å². The summed E-state index contributed by atoms with van der Waals surface area (Å²) in [4.78, 5) is 0. The van der Waals surface area contributed by atoms with Crippen molar-refractivity contribution in [1.29, 1.82) is 0 Å². The molecule has 3 aromatic heterocycles. The number of nitrogens with zero attached hydrogens (tertiary/aromatic N) is 5. The van der Waals surface area contributed by atoms with Crippen molar-refractivity contribution in [2.45, 2.75) is 0 Å². The zero-order valence-corrected chi connectivity index (χ0v) is 33.1. The molecule has 9 aromatic carbocycles. The van der Waals surface area contributed by atoms with Gasteiger partial charge >= 0.3 is 0 Å². The van der Waals surface area contributed by atoms with Crippen molar-refractivity contribution in [2.75, 3.05) is 0 Å². The maximum absolute atomic E-state index is 5.06. The van der Waals surface area contributed by atoms with Gasteiger partial charge in [-0.25, -0.2) is 0 Å². The topological polar surface area (TPSA) is 40.6 Å². The second-order valence-electron chi connectivity index (χ2n) is 15.5. The molecule has 0 atom stereocenters. The summed E-state index contributed by atoms with van der Waals surface area (Å²) in [6, 6.07) is 79.9. The van der Waals surface area contributed by atoms with Crippen molar-refractivity contribution in [3.63, 3.8) is 0 Å². The Morgan fingerprint density at radius 2 is 0.738 bits per heavy atom. The van der Waals surface area contributed by atoms with Crippen LogP contribution >= 0.6 is 0 Å². The molecule has 61 heavy (non-hydrogen) atoms. The van der Waals surface area contributed by atoms with Crippen molar-refractivity contribution in [3.8, 4) is 62.1 Å². The monoisotopic (exact) mass is 779 g/mol. The first kappa shape index (κ1) is 34.7. The van der Waals surface area contributed by atoms with Crippen LogP contribution in [0.4, 0.5) is 0 Å². The van der Waals surface area contributed by atoms with Crippen LogP contribution in [0.3, 0.4) is 0 Å². The van der Waals surface area contributed by atoms with Gasteiger partial charge in [-0.05, 0) is 95.1 Å². The molecule has 0 spiro atoms. The fraction of sp³-hybridized carbons (Fsp3) is 0. The van der Waals surface area contributed by atoms with Gasteiger partial charge in [-0.3, -0.25) is 4.57 Å². The highest BCUT2D eigenvalue weighted by atomic mass is 15.3. The molecule has 0 fully saturated rings. The van der Waals surface area contributed by atoms with Gasteiger partial charge in [0.2, 0.25) is 0 Å². The van der Waals surface area contributed by atoms with Crippen molar-refractivity contribution < 1.29 is 0 Å². The van der Waals surface area contributed by atoms with Gasteiger partial charge < -0.3 is 9.13 Å². The zero-order chi connectivity index (χ0) is 40.3. The molecule has 0 radical (unpaired) electrons. The fourth-order valence-electron chi connectivity index (χ4n) is 9.25. The molecule has 0 aliphatic carbocycles. The molecule has 0 N–H and O–H groups in total. The van der Waals surface area contributed by atoms with Gasteiger partial charge in [0.15, 0.2) is 11.6 Å². The van der Waals surface area contributed by atoms with Gasteiger partial charge in [0, 0.05) is 49.7 Å². The van der Waals surface area contributed by atoms with Crippen molar-refractivity contribution in [3.05, 3.63) is 224 Å². The molecular weight excluding hydrogens is 743 g/mol. The summed E-state index contributed by atoms with van der Waals surface area (Å²) in [5.74, 6) is 1.57. The number of fused-ring (bicyclic) bond motifs is 6. The molecule has 0 unspecified atom stereocenters. The van der Waals surface area contributed by atoms with Gasteiger partial charge in [0.05, 0.1) is 22.1 Å². The standard InChI is InChI=1S/C56H37N5/c1-4-17-38(18-5-1)40-21-14-25-44(35-40)59-50-30-12-10-27-46(50)49-37-42(33-34-52(49)59)55-57-58-56(61(55)43-23-8-3-9-24-43)48-29-16-32-53-54(48)47-28-11-13-31-51(47)60(53)45-26-15-22-41(36-45)39-19-6-2-7-20-39/h1-37H. The Kier molecular flexibility index (Phi) is 8.10. The maximum atomic E-state index is 5.06. The summed E-state index contributed by atoms with van der Waals surface area (Å²) in [5, 5.41) is 14.7. The summed E-state index contributed by atoms with van der Waals surface area (Å²) in [6.07, 6.45) is 0. The lowest BCUT2D eigenvalue weighted by atomic mass is 10.0. The fourth-order valence-corrected chi connectivity index (χ4v) is 9.25. The van der Waals surface area contributed by atoms with E-state index in [1.807, 2.05) is 0 Å². The lowest BCUT2D eigenvalue weighted by molar-refractivity contribution is 1.07. The molecule has 3 heterocycles. The highest BCUT2D eigenvalue weighted by molar-refractivity contribution is 6.15. The Labute approximate surface area is 352 Å². The lowest BCUT2D eigenvalue weighted by Gasteiger charge is -2.13. The molecular formula is C56H37N5. The van der Waals surface area contributed by atoms with Gasteiger partial charge in [0.1, 0.15) is 0 Å². The van der Waals surface area contributed by atoms with Crippen molar-refractivity contribution in [1.82, 2.24) is 23.9 Å². The van der Waals surface area contributed by atoms with Crippen LogP contribution in [-0.2, 0) is 0 Å². The average Bonchev–Trinajstić information content (AvgIpc) is 4.03. The number of hydrogen-bond donors (Lipinski definition) is 0. The zero-order valence-electron chi connectivity index (χ0n) is 33.1. The summed E-state index contributed by atoms with van der Waals surface area (Å²) in [7, 11) is 0. The molecule has 286 valence electrons. The molecule has 12 aromatic rings. The Balaban J connectivity index is 1.05. The van der Waals surface area contributed by atoms with E-state index in [1.165, 1.54) is 27.6 Å². The Morgan fingerprint density at radius 1 is 0.262 bits per heavy atom. The number of rotatable bonds is 7. The van der Waals surface area contributed by atoms with Gasteiger partial charge in [0.25, 0.3) is 0 Å². The molecule has 0 amide bonds. The van der Waals surface area contributed by atoms with E-state index in [-0.39, 0.29) is 0 Å². The van der Waals surface area contributed by atoms with E-state index in [2.05, 4.69) is 238 Å². The molecule has 0 aliphatic rings. The second-order valence-corrected chi connectivity index (χ2v) is 15.5. The van der Waals surface area contributed by atoms with Crippen molar-refractivity contribution in [2.24, 2.45) is 0 Å². The van der Waals surface area contributed by atoms with E-state index < -0.39 is 0 Å². The highest BCUT2D eigenvalue weighted by Gasteiger charge is 2.23. The van der Waals surface area contributed by atoms with E-state index in [1.54, 1.807) is 0 Å². The molecule has 12 rings (SSSR count). The number of hydrogen-bond acceptors (Lipinski definition) is 2. The minimum absolute atomic E-state index is 0.780. The summed E-state index contributed by atoms with van der Waals surface area (Å²) in [5.41, 5.74) is 14.5. The summed E-state index contributed by atoms with van der Waals surface area (Å²) < 4.78 is 6.98. The van der Waals surface area contributed by atoms with Crippen LogP contribution in [0.15, 0.2) is 224 Å². The third-order valence-corrected chi connectivity index (χ3v) is 12.0. The maximum Gasteiger partial charge on any atom is 0.169 e. The predicted octanol–water partition coefficient (Wildman–Crippen LogP) is 14.1. The van der Waals surface area contributed by atoms with Crippen LogP contribution in [0, 0.1) is 0 Å². The third kappa shape index (κ3) is 5.70. The largest absolute Gasteiger partial charge is 0.309 e. The first-order chi connectivity index (χ1) is 30.3. The number of aromatic nitrogens is 5. The minimum Gasteiger partial charge on any atom is -0.309 e. The quantitative estimate of drug-likeness (QED) is 0.162. The summed E-state index contributed by atoms with van der Waals surface area (Å²) in [6.45, 7) is 0. The van der Waals surface area contributed by atoms with Gasteiger partial charge in [-0.1, -0.05) is 152 Å². The van der Waals surface area contributed by atoms with Crippen LogP contribution in [0.5, 0.6) is 0 Å². The van der Waals surface area contributed by atoms with Crippen LogP contribution in [0.2, 0.25) is 0 Å². The number of benzene rings is 9. The van der Waals surface area contributed by atoms with E-state index in [4.69, 9.17) is 10.2 Å². The lowest BCUT2D eigenvalue weighted by Crippen LogP contribution is -2.01.